The molecule has 1 aliphatic rings. The zero-order valence-corrected chi connectivity index (χ0v) is 12.5. The van der Waals surface area contributed by atoms with Gasteiger partial charge in [-0.25, -0.2) is 0 Å². The third-order valence-corrected chi connectivity index (χ3v) is 4.29. The highest BCUT2D eigenvalue weighted by Gasteiger charge is 2.31. The summed E-state index contributed by atoms with van der Waals surface area (Å²) in [6.45, 7) is 7.76. The average molecular weight is 262 g/mol. The quantitative estimate of drug-likeness (QED) is 0.906. The number of rotatable bonds is 4. The first kappa shape index (κ1) is 14.4. The van der Waals surface area contributed by atoms with Crippen molar-refractivity contribution < 1.29 is 4.74 Å². The lowest BCUT2D eigenvalue weighted by molar-refractivity contribution is 0.126. The Morgan fingerprint density at radius 2 is 2.16 bits per heavy atom. The minimum absolute atomic E-state index is 0.0844. The Kier molecular flexibility index (Phi) is 4.48. The fraction of sp³-hybridized carbons (Fsp3) is 0.625. The molecule has 2 unspecified atom stereocenters. The summed E-state index contributed by atoms with van der Waals surface area (Å²) in [4.78, 5) is 2.51. The Balaban J connectivity index is 2.29. The highest BCUT2D eigenvalue weighted by Crippen LogP contribution is 2.34. The van der Waals surface area contributed by atoms with Crippen LogP contribution in [0.25, 0.3) is 0 Å². The van der Waals surface area contributed by atoms with Crippen molar-refractivity contribution in [2.45, 2.75) is 51.7 Å². The molecule has 3 heteroatoms. The largest absolute Gasteiger partial charge is 0.497 e. The van der Waals surface area contributed by atoms with Gasteiger partial charge in [-0.05, 0) is 56.5 Å². The Morgan fingerprint density at radius 1 is 1.42 bits per heavy atom. The van der Waals surface area contributed by atoms with Crippen LogP contribution in [0.2, 0.25) is 0 Å². The van der Waals surface area contributed by atoms with E-state index in [4.69, 9.17) is 10.5 Å². The molecule has 3 nitrogen and oxygen atoms in total. The van der Waals surface area contributed by atoms with Crippen LogP contribution in [0.1, 0.15) is 44.4 Å². The van der Waals surface area contributed by atoms with Crippen LogP contribution in [-0.2, 0) is 6.42 Å². The fourth-order valence-corrected chi connectivity index (χ4v) is 3.28. The van der Waals surface area contributed by atoms with E-state index in [9.17, 15) is 0 Å². The highest BCUT2D eigenvalue weighted by atomic mass is 16.5. The molecule has 0 spiro atoms. The van der Waals surface area contributed by atoms with E-state index in [-0.39, 0.29) is 6.04 Å². The molecule has 19 heavy (non-hydrogen) atoms. The van der Waals surface area contributed by atoms with Crippen LogP contribution in [0.3, 0.4) is 0 Å². The van der Waals surface area contributed by atoms with Gasteiger partial charge < -0.3 is 10.5 Å². The van der Waals surface area contributed by atoms with Gasteiger partial charge in [0, 0.05) is 18.1 Å². The number of fused-ring (bicyclic) bond motifs is 1. The Bertz CT molecular complexity index is 431. The van der Waals surface area contributed by atoms with Gasteiger partial charge in [-0.2, -0.15) is 0 Å². The molecule has 2 rings (SSSR count). The molecule has 1 aliphatic carbocycles. The lowest BCUT2D eigenvalue weighted by Crippen LogP contribution is -2.48. The normalized spacial score (nSPS) is 22.7. The minimum atomic E-state index is 0.0844. The molecule has 0 saturated heterocycles. The molecule has 106 valence electrons. The van der Waals surface area contributed by atoms with Crippen molar-refractivity contribution in [2.75, 3.05) is 13.7 Å². The molecule has 0 amide bonds. The van der Waals surface area contributed by atoms with Crippen LogP contribution in [0.5, 0.6) is 5.75 Å². The van der Waals surface area contributed by atoms with Crippen molar-refractivity contribution in [3.8, 4) is 5.75 Å². The summed E-state index contributed by atoms with van der Waals surface area (Å²) in [7, 11) is 1.71. The number of nitrogens with zero attached hydrogens (tertiary/aromatic N) is 1. The van der Waals surface area contributed by atoms with E-state index < -0.39 is 0 Å². The van der Waals surface area contributed by atoms with Gasteiger partial charge in [0.25, 0.3) is 0 Å². The summed E-state index contributed by atoms with van der Waals surface area (Å²) >= 11 is 0. The van der Waals surface area contributed by atoms with E-state index in [2.05, 4.69) is 37.8 Å². The van der Waals surface area contributed by atoms with Crippen LogP contribution >= 0.6 is 0 Å². The molecule has 0 heterocycles. The van der Waals surface area contributed by atoms with E-state index in [0.29, 0.717) is 12.1 Å². The lowest BCUT2D eigenvalue weighted by atomic mass is 9.83. The van der Waals surface area contributed by atoms with Crippen molar-refractivity contribution in [3.63, 3.8) is 0 Å². The van der Waals surface area contributed by atoms with E-state index in [1.165, 1.54) is 11.1 Å². The van der Waals surface area contributed by atoms with Crippen LogP contribution < -0.4 is 10.5 Å². The number of hydrogen-bond acceptors (Lipinski definition) is 3. The van der Waals surface area contributed by atoms with Gasteiger partial charge in [0.1, 0.15) is 5.75 Å². The number of benzene rings is 1. The first-order valence-electron chi connectivity index (χ1n) is 7.26. The zero-order valence-electron chi connectivity index (χ0n) is 12.5. The zero-order chi connectivity index (χ0) is 14.0. The standard InChI is InChI=1S/C16H26N2O/c1-5-18(11(2)3)15-9-7-12-6-8-13(19-4)10-14(12)16(15)17/h6,8,10-11,15-16H,5,7,9,17H2,1-4H3. The molecular weight excluding hydrogens is 236 g/mol. The molecule has 0 aromatic heterocycles. The van der Waals surface area contributed by atoms with Crippen molar-refractivity contribution >= 4 is 0 Å². The maximum atomic E-state index is 6.53. The average Bonchev–Trinajstić information content (AvgIpc) is 2.41. The van der Waals surface area contributed by atoms with Crippen LogP contribution in [-0.4, -0.2) is 30.6 Å². The second-order valence-corrected chi connectivity index (χ2v) is 5.62. The molecule has 1 aromatic carbocycles. The Morgan fingerprint density at radius 3 is 2.74 bits per heavy atom. The van der Waals surface area contributed by atoms with Crippen molar-refractivity contribution in [1.82, 2.24) is 4.90 Å². The van der Waals surface area contributed by atoms with E-state index in [1.807, 2.05) is 6.07 Å². The molecule has 0 fully saturated rings. The second-order valence-electron chi connectivity index (χ2n) is 5.62. The smallest absolute Gasteiger partial charge is 0.119 e. The lowest BCUT2D eigenvalue weighted by Gasteiger charge is -2.41. The van der Waals surface area contributed by atoms with Crippen molar-refractivity contribution in [3.05, 3.63) is 29.3 Å². The second kappa shape index (κ2) is 5.93. The van der Waals surface area contributed by atoms with Gasteiger partial charge in [-0.3, -0.25) is 4.90 Å². The van der Waals surface area contributed by atoms with E-state index >= 15 is 0 Å². The molecule has 0 saturated carbocycles. The summed E-state index contributed by atoms with van der Waals surface area (Å²) in [6, 6.07) is 7.36. The minimum Gasteiger partial charge on any atom is -0.497 e. The summed E-state index contributed by atoms with van der Waals surface area (Å²) in [6.07, 6.45) is 2.26. The van der Waals surface area contributed by atoms with Crippen LogP contribution in [0, 0.1) is 0 Å². The molecule has 0 radical (unpaired) electrons. The molecular formula is C16H26N2O. The van der Waals surface area contributed by atoms with Gasteiger partial charge in [-0.1, -0.05) is 13.0 Å². The summed E-state index contributed by atoms with van der Waals surface area (Å²) in [5, 5.41) is 0. The molecule has 2 N–H and O–H groups in total. The maximum Gasteiger partial charge on any atom is 0.119 e. The number of hydrogen-bond donors (Lipinski definition) is 1. The number of likely N-dealkylation sites (N-methyl/N-ethyl adjacent to an activating group) is 1. The van der Waals surface area contributed by atoms with Crippen molar-refractivity contribution in [2.24, 2.45) is 5.73 Å². The molecule has 2 atom stereocenters. The molecule has 1 aromatic rings. The van der Waals surface area contributed by atoms with Gasteiger partial charge in [-0.15, -0.1) is 0 Å². The number of aryl methyl sites for hydroxylation is 1. The van der Waals surface area contributed by atoms with E-state index in [0.717, 1.165) is 25.1 Å². The van der Waals surface area contributed by atoms with Crippen molar-refractivity contribution in [1.29, 1.82) is 0 Å². The van der Waals surface area contributed by atoms with Gasteiger partial charge in [0.15, 0.2) is 0 Å². The Labute approximate surface area is 116 Å². The monoisotopic (exact) mass is 262 g/mol. The number of nitrogens with two attached hydrogens (primary N) is 1. The Hall–Kier alpha value is -1.06. The predicted octanol–water partition coefficient (Wildman–Crippen LogP) is 2.74. The summed E-state index contributed by atoms with van der Waals surface area (Å²) < 4.78 is 5.33. The summed E-state index contributed by atoms with van der Waals surface area (Å²) in [5.41, 5.74) is 9.17. The first-order chi connectivity index (χ1) is 9.08. The number of ether oxygens (including phenoxy) is 1. The van der Waals surface area contributed by atoms with Gasteiger partial charge >= 0.3 is 0 Å². The van der Waals surface area contributed by atoms with Gasteiger partial charge in [0.2, 0.25) is 0 Å². The fourth-order valence-electron chi connectivity index (χ4n) is 3.28. The van der Waals surface area contributed by atoms with Crippen LogP contribution in [0.15, 0.2) is 18.2 Å². The highest BCUT2D eigenvalue weighted by molar-refractivity contribution is 5.40. The van der Waals surface area contributed by atoms with Crippen LogP contribution in [0.4, 0.5) is 0 Å². The molecule has 0 aliphatic heterocycles. The predicted molar refractivity (Wildman–Crippen MR) is 79.5 cm³/mol. The maximum absolute atomic E-state index is 6.53. The van der Waals surface area contributed by atoms with Gasteiger partial charge in [0.05, 0.1) is 7.11 Å². The third kappa shape index (κ3) is 2.77. The topological polar surface area (TPSA) is 38.5 Å². The number of methoxy groups -OCH3 is 1. The first-order valence-corrected chi connectivity index (χ1v) is 7.26. The molecule has 0 bridgehead atoms. The van der Waals surface area contributed by atoms with E-state index in [1.54, 1.807) is 7.11 Å². The third-order valence-electron chi connectivity index (χ3n) is 4.29. The SMILES string of the molecule is CCN(C(C)C)C1CCc2ccc(OC)cc2C1N. The summed E-state index contributed by atoms with van der Waals surface area (Å²) in [5.74, 6) is 0.905.